The summed E-state index contributed by atoms with van der Waals surface area (Å²) < 4.78 is 25.4. The predicted molar refractivity (Wildman–Crippen MR) is 115 cm³/mol. The standard InChI is InChI=1S/C23H20N2O2S/c1-16-11-12-17(2)23(13-16)28(26,27)25-24-15-22-20-9-5-3-7-18(20)14-19-8-4-6-10-21(19)22/h3-15,25H,1-2H3/b24-15-. The highest BCUT2D eigenvalue weighted by molar-refractivity contribution is 7.89. The highest BCUT2D eigenvalue weighted by Crippen LogP contribution is 2.27. The molecule has 4 rings (SSSR count). The molecule has 0 fully saturated rings. The molecule has 0 amide bonds. The van der Waals surface area contributed by atoms with Gasteiger partial charge in [-0.15, -0.1) is 0 Å². The maximum Gasteiger partial charge on any atom is 0.276 e. The summed E-state index contributed by atoms with van der Waals surface area (Å²) in [6, 6.07) is 23.5. The van der Waals surface area contributed by atoms with Crippen LogP contribution in [-0.4, -0.2) is 14.6 Å². The van der Waals surface area contributed by atoms with Crippen LogP contribution in [0, 0.1) is 13.8 Å². The molecule has 0 unspecified atom stereocenters. The Kier molecular flexibility index (Phi) is 4.61. The van der Waals surface area contributed by atoms with Crippen molar-refractivity contribution in [1.29, 1.82) is 0 Å². The third-order valence-electron chi connectivity index (χ3n) is 4.81. The number of hydrogen-bond acceptors (Lipinski definition) is 3. The SMILES string of the molecule is Cc1ccc(C)c(S(=O)(=O)N/N=C\c2c3ccccc3cc3ccccc23)c1. The van der Waals surface area contributed by atoms with E-state index in [0.717, 1.165) is 32.7 Å². The third-order valence-corrected chi connectivity index (χ3v) is 6.18. The molecular formula is C23H20N2O2S. The fourth-order valence-corrected chi connectivity index (χ4v) is 4.52. The molecule has 4 nitrogen and oxygen atoms in total. The van der Waals surface area contributed by atoms with Crippen LogP contribution in [-0.2, 0) is 10.0 Å². The second-order valence-electron chi connectivity index (χ2n) is 6.85. The van der Waals surface area contributed by atoms with Gasteiger partial charge in [-0.3, -0.25) is 0 Å². The van der Waals surface area contributed by atoms with Crippen LogP contribution < -0.4 is 4.83 Å². The molecule has 0 radical (unpaired) electrons. The van der Waals surface area contributed by atoms with E-state index in [-0.39, 0.29) is 4.90 Å². The molecule has 0 aliphatic rings. The summed E-state index contributed by atoms with van der Waals surface area (Å²) in [5.74, 6) is 0. The van der Waals surface area contributed by atoms with Crippen LogP contribution in [0.3, 0.4) is 0 Å². The fourth-order valence-electron chi connectivity index (χ4n) is 3.39. The monoisotopic (exact) mass is 388 g/mol. The molecule has 0 aliphatic heterocycles. The van der Waals surface area contributed by atoms with Crippen molar-refractivity contribution in [3.05, 3.63) is 89.5 Å². The number of hydrogen-bond donors (Lipinski definition) is 1. The molecule has 0 spiro atoms. The van der Waals surface area contributed by atoms with E-state index in [1.54, 1.807) is 25.3 Å². The second kappa shape index (κ2) is 7.09. The van der Waals surface area contributed by atoms with Crippen molar-refractivity contribution in [3.8, 4) is 0 Å². The molecule has 0 aromatic heterocycles. The first-order valence-electron chi connectivity index (χ1n) is 8.98. The summed E-state index contributed by atoms with van der Waals surface area (Å²) >= 11 is 0. The minimum absolute atomic E-state index is 0.243. The number of benzene rings is 4. The fraction of sp³-hybridized carbons (Fsp3) is 0.0870. The molecule has 4 aromatic carbocycles. The van der Waals surface area contributed by atoms with Gasteiger partial charge >= 0.3 is 0 Å². The first-order chi connectivity index (χ1) is 13.5. The molecule has 0 saturated carbocycles. The number of aryl methyl sites for hydroxylation is 2. The van der Waals surface area contributed by atoms with Gasteiger partial charge in [0.15, 0.2) is 0 Å². The quantitative estimate of drug-likeness (QED) is 0.306. The molecule has 28 heavy (non-hydrogen) atoms. The minimum atomic E-state index is -3.74. The molecule has 0 atom stereocenters. The lowest BCUT2D eigenvalue weighted by atomic mass is 9.97. The summed E-state index contributed by atoms with van der Waals surface area (Å²) in [7, 11) is -3.74. The van der Waals surface area contributed by atoms with Crippen LogP contribution in [0.4, 0.5) is 0 Å². The first-order valence-corrected chi connectivity index (χ1v) is 10.5. The molecule has 0 bridgehead atoms. The zero-order valence-electron chi connectivity index (χ0n) is 15.7. The topological polar surface area (TPSA) is 58.5 Å². The maximum atomic E-state index is 12.7. The normalized spacial score (nSPS) is 12.1. The largest absolute Gasteiger partial charge is 0.276 e. The van der Waals surface area contributed by atoms with Gasteiger partial charge in [0.2, 0.25) is 0 Å². The Morgan fingerprint density at radius 1 is 0.821 bits per heavy atom. The Morgan fingerprint density at radius 2 is 1.43 bits per heavy atom. The van der Waals surface area contributed by atoms with E-state index in [9.17, 15) is 8.42 Å². The molecule has 1 N–H and O–H groups in total. The third kappa shape index (κ3) is 3.37. The lowest BCUT2D eigenvalue weighted by Gasteiger charge is -2.09. The smallest absolute Gasteiger partial charge is 0.200 e. The molecule has 0 aliphatic carbocycles. The van der Waals surface area contributed by atoms with Crippen molar-refractivity contribution >= 4 is 37.8 Å². The second-order valence-corrected chi connectivity index (χ2v) is 8.48. The Hall–Kier alpha value is -3.18. The van der Waals surface area contributed by atoms with Gasteiger partial charge < -0.3 is 0 Å². The molecule has 4 aromatic rings. The van der Waals surface area contributed by atoms with Gasteiger partial charge in [0.1, 0.15) is 0 Å². The van der Waals surface area contributed by atoms with Gasteiger partial charge in [-0.25, -0.2) is 4.83 Å². The number of sulfonamides is 1. The molecule has 0 saturated heterocycles. The van der Waals surface area contributed by atoms with E-state index in [0.29, 0.717) is 5.56 Å². The van der Waals surface area contributed by atoms with Gasteiger partial charge in [-0.2, -0.15) is 13.5 Å². The van der Waals surface area contributed by atoms with Gasteiger partial charge in [-0.05, 0) is 58.7 Å². The van der Waals surface area contributed by atoms with Gasteiger partial charge in [-0.1, -0.05) is 60.7 Å². The first kappa shape index (κ1) is 18.2. The van der Waals surface area contributed by atoms with Crippen LogP contribution in [0.15, 0.2) is 82.8 Å². The van der Waals surface area contributed by atoms with E-state index in [2.05, 4.69) is 16.0 Å². The number of fused-ring (bicyclic) bond motifs is 2. The molecule has 5 heteroatoms. The average molecular weight is 388 g/mol. The minimum Gasteiger partial charge on any atom is -0.200 e. The number of nitrogens with one attached hydrogen (secondary N) is 1. The predicted octanol–water partition coefficient (Wildman–Crippen LogP) is 4.92. The van der Waals surface area contributed by atoms with Gasteiger partial charge in [0, 0.05) is 5.56 Å². The van der Waals surface area contributed by atoms with Crippen molar-refractivity contribution in [3.63, 3.8) is 0 Å². The molecule has 140 valence electrons. The average Bonchev–Trinajstić information content (AvgIpc) is 2.69. The van der Waals surface area contributed by atoms with Crippen LogP contribution in [0.5, 0.6) is 0 Å². The highest BCUT2D eigenvalue weighted by Gasteiger charge is 2.16. The zero-order valence-corrected chi connectivity index (χ0v) is 16.5. The van der Waals surface area contributed by atoms with Crippen molar-refractivity contribution in [2.45, 2.75) is 18.7 Å². The van der Waals surface area contributed by atoms with E-state index in [4.69, 9.17) is 0 Å². The van der Waals surface area contributed by atoms with Crippen molar-refractivity contribution in [1.82, 2.24) is 4.83 Å². The Bertz CT molecular complexity index is 1270. The van der Waals surface area contributed by atoms with Gasteiger partial charge in [0.05, 0.1) is 11.1 Å². The van der Waals surface area contributed by atoms with Crippen LogP contribution >= 0.6 is 0 Å². The highest BCUT2D eigenvalue weighted by atomic mass is 32.2. The summed E-state index contributed by atoms with van der Waals surface area (Å²) in [5, 5.41) is 8.31. The summed E-state index contributed by atoms with van der Waals surface area (Å²) in [4.78, 5) is 2.61. The van der Waals surface area contributed by atoms with Crippen molar-refractivity contribution in [2.75, 3.05) is 0 Å². The van der Waals surface area contributed by atoms with Crippen molar-refractivity contribution in [2.24, 2.45) is 5.10 Å². The Morgan fingerprint density at radius 3 is 2.07 bits per heavy atom. The van der Waals surface area contributed by atoms with E-state index < -0.39 is 10.0 Å². The van der Waals surface area contributed by atoms with E-state index >= 15 is 0 Å². The number of rotatable bonds is 4. The Labute approximate surface area is 164 Å². The lowest BCUT2D eigenvalue weighted by molar-refractivity contribution is 0.584. The van der Waals surface area contributed by atoms with E-state index in [1.807, 2.05) is 61.5 Å². The Balaban J connectivity index is 1.77. The number of hydrazone groups is 1. The van der Waals surface area contributed by atoms with Gasteiger partial charge in [0.25, 0.3) is 10.0 Å². The summed E-state index contributed by atoms with van der Waals surface area (Å²) in [6.45, 7) is 3.64. The zero-order chi connectivity index (χ0) is 19.7. The van der Waals surface area contributed by atoms with Crippen LogP contribution in [0.2, 0.25) is 0 Å². The molecule has 0 heterocycles. The van der Waals surface area contributed by atoms with Crippen LogP contribution in [0.1, 0.15) is 16.7 Å². The maximum absolute atomic E-state index is 12.7. The van der Waals surface area contributed by atoms with Crippen molar-refractivity contribution < 1.29 is 8.42 Å². The lowest BCUT2D eigenvalue weighted by Crippen LogP contribution is -2.19. The summed E-state index contributed by atoms with van der Waals surface area (Å²) in [6.07, 6.45) is 1.59. The van der Waals surface area contributed by atoms with E-state index in [1.165, 1.54) is 0 Å². The molecular weight excluding hydrogens is 368 g/mol. The number of nitrogens with zero attached hydrogens (tertiary/aromatic N) is 1. The van der Waals surface area contributed by atoms with Crippen LogP contribution in [0.25, 0.3) is 21.5 Å². The summed E-state index contributed by atoms with van der Waals surface area (Å²) in [5.41, 5.74) is 2.45.